The Hall–Kier alpha value is -4.15. The second-order valence-corrected chi connectivity index (χ2v) is 9.75. The van der Waals surface area contributed by atoms with Gasteiger partial charge in [-0.05, 0) is 83.7 Å². The van der Waals surface area contributed by atoms with Crippen LogP contribution in [0.15, 0.2) is 95.9 Å². The minimum Gasteiger partial charge on any atom is -0.497 e. The van der Waals surface area contributed by atoms with Gasteiger partial charge >= 0.3 is 0 Å². The highest BCUT2D eigenvalue weighted by Crippen LogP contribution is 2.21. The van der Waals surface area contributed by atoms with Crippen molar-refractivity contribution < 1.29 is 22.7 Å². The van der Waals surface area contributed by atoms with E-state index in [1.54, 1.807) is 42.5 Å². The van der Waals surface area contributed by atoms with E-state index in [9.17, 15) is 13.2 Å². The molecular formula is C26H23N3O5S2. The molecule has 0 saturated heterocycles. The van der Waals surface area contributed by atoms with Gasteiger partial charge in [0.05, 0.1) is 12.0 Å². The van der Waals surface area contributed by atoms with Crippen molar-refractivity contribution in [2.75, 3.05) is 23.8 Å². The van der Waals surface area contributed by atoms with Crippen LogP contribution in [0.5, 0.6) is 11.5 Å². The molecule has 0 bridgehead atoms. The zero-order valence-electron chi connectivity index (χ0n) is 19.2. The fourth-order valence-corrected chi connectivity index (χ4v) is 4.61. The summed E-state index contributed by atoms with van der Waals surface area (Å²) in [6.45, 7) is -0.214. The van der Waals surface area contributed by atoms with Gasteiger partial charge in [-0.25, -0.2) is 8.42 Å². The Morgan fingerprint density at radius 2 is 1.47 bits per heavy atom. The first kappa shape index (κ1) is 25.0. The van der Waals surface area contributed by atoms with Crippen molar-refractivity contribution in [2.24, 2.45) is 0 Å². The Morgan fingerprint density at radius 1 is 0.833 bits per heavy atom. The molecule has 4 aromatic rings. The van der Waals surface area contributed by atoms with Gasteiger partial charge in [0, 0.05) is 11.4 Å². The third-order valence-electron chi connectivity index (χ3n) is 5.11. The standard InChI is InChI=1S/C26H23N3O5S2/c1-33-22-12-7-21(8-13-22)29-36(31,32)24-14-9-20(10-15-24)27-26(35)28-25(30)17-34-23-11-6-18-4-2-3-5-19(18)16-23/h2-16,29H,17H2,1H3,(H2,27,28,30,35). The van der Waals surface area contributed by atoms with Gasteiger partial charge in [-0.3, -0.25) is 14.8 Å². The molecule has 0 fully saturated rings. The van der Waals surface area contributed by atoms with Crippen molar-refractivity contribution in [3.05, 3.63) is 91.0 Å². The van der Waals surface area contributed by atoms with E-state index in [-0.39, 0.29) is 16.6 Å². The molecule has 184 valence electrons. The number of ether oxygens (including phenoxy) is 2. The normalized spacial score (nSPS) is 10.9. The molecule has 0 aliphatic heterocycles. The number of carbonyl (C=O) groups is 1. The zero-order valence-corrected chi connectivity index (χ0v) is 20.9. The minimum atomic E-state index is -3.78. The Morgan fingerprint density at radius 3 is 2.17 bits per heavy atom. The van der Waals surface area contributed by atoms with Crippen molar-refractivity contribution in [1.82, 2.24) is 5.32 Å². The zero-order chi connectivity index (χ0) is 25.5. The van der Waals surface area contributed by atoms with Crippen LogP contribution in [0.25, 0.3) is 10.8 Å². The van der Waals surface area contributed by atoms with E-state index >= 15 is 0 Å². The van der Waals surface area contributed by atoms with Crippen molar-refractivity contribution in [2.45, 2.75) is 4.90 Å². The maximum absolute atomic E-state index is 12.6. The molecule has 0 aromatic heterocycles. The number of thiocarbonyl (C=S) groups is 1. The largest absolute Gasteiger partial charge is 0.497 e. The fraction of sp³-hybridized carbons (Fsp3) is 0.0769. The van der Waals surface area contributed by atoms with Crippen LogP contribution in [0.2, 0.25) is 0 Å². The van der Waals surface area contributed by atoms with Crippen LogP contribution in [0.4, 0.5) is 11.4 Å². The lowest BCUT2D eigenvalue weighted by molar-refractivity contribution is -0.121. The van der Waals surface area contributed by atoms with Crippen LogP contribution >= 0.6 is 12.2 Å². The third-order valence-corrected chi connectivity index (χ3v) is 6.71. The SMILES string of the molecule is COc1ccc(NS(=O)(=O)c2ccc(NC(=S)NC(=O)COc3ccc4ccccc4c3)cc2)cc1. The highest BCUT2D eigenvalue weighted by molar-refractivity contribution is 7.92. The van der Waals surface area contributed by atoms with E-state index in [0.717, 1.165) is 10.8 Å². The number of fused-ring (bicyclic) bond motifs is 1. The number of hydrogen-bond acceptors (Lipinski definition) is 6. The predicted molar refractivity (Wildman–Crippen MR) is 144 cm³/mol. The smallest absolute Gasteiger partial charge is 0.264 e. The number of anilines is 2. The first-order valence-corrected chi connectivity index (χ1v) is 12.7. The van der Waals surface area contributed by atoms with Crippen LogP contribution in [0, 0.1) is 0 Å². The van der Waals surface area contributed by atoms with Crippen molar-refractivity contribution in [3.8, 4) is 11.5 Å². The number of carbonyl (C=O) groups excluding carboxylic acids is 1. The second kappa shape index (κ2) is 11.1. The number of methoxy groups -OCH3 is 1. The lowest BCUT2D eigenvalue weighted by Crippen LogP contribution is -2.37. The molecule has 0 radical (unpaired) electrons. The molecule has 10 heteroatoms. The van der Waals surface area contributed by atoms with Gasteiger partial charge in [-0.2, -0.15) is 0 Å². The molecule has 0 atom stereocenters. The Balaban J connectivity index is 1.28. The maximum Gasteiger partial charge on any atom is 0.264 e. The van der Waals surface area contributed by atoms with E-state index in [1.165, 1.54) is 19.2 Å². The van der Waals surface area contributed by atoms with Gasteiger partial charge in [0.2, 0.25) is 0 Å². The molecule has 8 nitrogen and oxygen atoms in total. The summed E-state index contributed by atoms with van der Waals surface area (Å²) in [5, 5.41) is 7.54. The summed E-state index contributed by atoms with van der Waals surface area (Å²) >= 11 is 5.18. The average molecular weight is 522 g/mol. The summed E-state index contributed by atoms with van der Waals surface area (Å²) < 4.78 is 38.4. The van der Waals surface area contributed by atoms with Gasteiger partial charge in [0.25, 0.3) is 15.9 Å². The summed E-state index contributed by atoms with van der Waals surface area (Å²) in [5.74, 6) is 0.767. The first-order valence-electron chi connectivity index (χ1n) is 10.8. The van der Waals surface area contributed by atoms with Gasteiger partial charge in [-0.1, -0.05) is 30.3 Å². The van der Waals surface area contributed by atoms with Gasteiger partial charge in [0.15, 0.2) is 11.7 Å². The quantitative estimate of drug-likeness (QED) is 0.292. The van der Waals surface area contributed by atoms with Crippen molar-refractivity contribution in [3.63, 3.8) is 0 Å². The molecule has 0 spiro atoms. The van der Waals surface area contributed by atoms with Gasteiger partial charge < -0.3 is 14.8 Å². The fourth-order valence-electron chi connectivity index (χ4n) is 3.32. The summed E-state index contributed by atoms with van der Waals surface area (Å²) in [5.41, 5.74) is 0.923. The molecule has 0 unspecified atom stereocenters. The molecule has 4 rings (SSSR count). The molecule has 4 aromatic carbocycles. The van der Waals surface area contributed by atoms with E-state index in [0.29, 0.717) is 22.9 Å². The van der Waals surface area contributed by atoms with Crippen LogP contribution in [-0.4, -0.2) is 33.2 Å². The number of benzene rings is 4. The number of rotatable bonds is 8. The van der Waals surface area contributed by atoms with Gasteiger partial charge in [-0.15, -0.1) is 0 Å². The third kappa shape index (κ3) is 6.49. The number of sulfonamides is 1. The van der Waals surface area contributed by atoms with Crippen LogP contribution in [0.3, 0.4) is 0 Å². The molecule has 36 heavy (non-hydrogen) atoms. The molecule has 0 saturated carbocycles. The van der Waals surface area contributed by atoms with E-state index < -0.39 is 15.9 Å². The number of amides is 1. The number of hydrogen-bond donors (Lipinski definition) is 3. The van der Waals surface area contributed by atoms with E-state index in [1.807, 2.05) is 36.4 Å². The van der Waals surface area contributed by atoms with Crippen LogP contribution < -0.4 is 24.8 Å². The summed E-state index contributed by atoms with van der Waals surface area (Å²) in [7, 11) is -2.25. The summed E-state index contributed by atoms with van der Waals surface area (Å²) in [4.78, 5) is 12.3. The second-order valence-electron chi connectivity index (χ2n) is 7.66. The van der Waals surface area contributed by atoms with E-state index in [4.69, 9.17) is 21.7 Å². The summed E-state index contributed by atoms with van der Waals surface area (Å²) in [6.07, 6.45) is 0. The maximum atomic E-state index is 12.6. The van der Waals surface area contributed by atoms with Gasteiger partial charge in [0.1, 0.15) is 11.5 Å². The monoisotopic (exact) mass is 521 g/mol. The van der Waals surface area contributed by atoms with E-state index in [2.05, 4.69) is 15.4 Å². The Labute approximate surface area is 214 Å². The first-order chi connectivity index (χ1) is 17.3. The van der Waals surface area contributed by atoms with Crippen molar-refractivity contribution in [1.29, 1.82) is 0 Å². The predicted octanol–water partition coefficient (Wildman–Crippen LogP) is 4.54. The lowest BCUT2D eigenvalue weighted by Gasteiger charge is -2.12. The average Bonchev–Trinajstić information content (AvgIpc) is 2.88. The topological polar surface area (TPSA) is 106 Å². The highest BCUT2D eigenvalue weighted by atomic mass is 32.2. The minimum absolute atomic E-state index is 0.0640. The molecule has 0 aliphatic rings. The Kier molecular flexibility index (Phi) is 7.67. The molecule has 0 heterocycles. The lowest BCUT2D eigenvalue weighted by atomic mass is 10.1. The van der Waals surface area contributed by atoms with Crippen LogP contribution in [-0.2, 0) is 14.8 Å². The Bertz CT molecular complexity index is 1490. The molecule has 3 N–H and O–H groups in total. The summed E-state index contributed by atoms with van der Waals surface area (Å²) in [6, 6.07) is 25.9. The highest BCUT2D eigenvalue weighted by Gasteiger charge is 2.14. The molecule has 0 aliphatic carbocycles. The molecular weight excluding hydrogens is 498 g/mol. The number of nitrogens with one attached hydrogen (secondary N) is 3. The van der Waals surface area contributed by atoms with Crippen molar-refractivity contribution >= 4 is 55.4 Å². The molecule has 1 amide bonds. The van der Waals surface area contributed by atoms with Crippen LogP contribution in [0.1, 0.15) is 0 Å².